The van der Waals surface area contributed by atoms with E-state index in [1.54, 1.807) is 18.2 Å². The van der Waals surface area contributed by atoms with Crippen LogP contribution in [0.4, 0.5) is 0 Å². The predicted molar refractivity (Wildman–Crippen MR) is 113 cm³/mol. The number of unbranched alkanes of at least 4 members (excludes halogenated alkanes) is 4. The zero-order valence-corrected chi connectivity index (χ0v) is 17.8. The number of hydrogen-bond donors (Lipinski definition) is 1. The number of rotatable bonds is 11. The fourth-order valence-corrected chi connectivity index (χ4v) is 3.49. The molecule has 0 aromatic heterocycles. The molecule has 0 heterocycles. The maximum absolute atomic E-state index is 12.3. The highest BCUT2D eigenvalue weighted by molar-refractivity contribution is 14.1. The predicted octanol–water partition coefficient (Wildman–Crippen LogP) is 4.97. The summed E-state index contributed by atoms with van der Waals surface area (Å²) in [5, 5.41) is 10.9. The number of ketones is 1. The van der Waals surface area contributed by atoms with Gasteiger partial charge in [-0.2, -0.15) is 0 Å². The number of ether oxygens (including phenoxy) is 1. The lowest BCUT2D eigenvalue weighted by molar-refractivity contribution is -0.140. The summed E-state index contributed by atoms with van der Waals surface area (Å²) in [6.45, 7) is 2.17. The number of methoxy groups -OCH3 is 1. The van der Waals surface area contributed by atoms with Crippen molar-refractivity contribution >= 4 is 34.3 Å². The maximum Gasteiger partial charge on any atom is 0.305 e. The van der Waals surface area contributed by atoms with Crippen LogP contribution in [0, 0.1) is 0 Å². The number of esters is 1. The number of aliphatic hydroxyl groups is 1. The minimum Gasteiger partial charge on any atom is -0.469 e. The highest BCUT2D eigenvalue weighted by Gasteiger charge is 2.39. The van der Waals surface area contributed by atoms with Crippen LogP contribution in [-0.2, 0) is 14.3 Å². The van der Waals surface area contributed by atoms with Gasteiger partial charge in [0.2, 0.25) is 0 Å². The minimum atomic E-state index is -1.23. The van der Waals surface area contributed by atoms with Crippen molar-refractivity contribution in [3.05, 3.63) is 45.6 Å². The summed E-state index contributed by atoms with van der Waals surface area (Å²) in [7, 11) is 1.38. The SMILES string of the molecule is CCCCC/C=C\C[C@@]1(O)C=C(I)C(=O)/C1=C/C=C\CCCC(=O)OC. The van der Waals surface area contributed by atoms with E-state index in [1.165, 1.54) is 20.0 Å². The van der Waals surface area contributed by atoms with Gasteiger partial charge in [0.15, 0.2) is 5.78 Å². The molecule has 0 unspecified atom stereocenters. The molecule has 0 spiro atoms. The van der Waals surface area contributed by atoms with Crippen molar-refractivity contribution in [2.24, 2.45) is 0 Å². The number of carbonyl (C=O) groups excluding carboxylic acids is 2. The van der Waals surface area contributed by atoms with Gasteiger partial charge in [-0.05, 0) is 54.4 Å². The van der Waals surface area contributed by atoms with Crippen molar-refractivity contribution in [3.63, 3.8) is 0 Å². The normalized spacial score (nSPS) is 21.9. The molecule has 0 amide bonds. The van der Waals surface area contributed by atoms with Crippen molar-refractivity contribution in [1.82, 2.24) is 0 Å². The third-order valence-corrected chi connectivity index (χ3v) is 5.04. The van der Waals surface area contributed by atoms with Crippen LogP contribution in [0.2, 0.25) is 0 Å². The van der Waals surface area contributed by atoms with E-state index in [9.17, 15) is 14.7 Å². The van der Waals surface area contributed by atoms with Crippen LogP contribution in [0.1, 0.15) is 58.3 Å². The van der Waals surface area contributed by atoms with Crippen LogP contribution in [0.25, 0.3) is 0 Å². The van der Waals surface area contributed by atoms with E-state index in [0.29, 0.717) is 34.8 Å². The Bertz CT molecular complexity index is 601. The van der Waals surface area contributed by atoms with Crippen LogP contribution in [0.5, 0.6) is 0 Å². The molecule has 4 nitrogen and oxygen atoms in total. The van der Waals surface area contributed by atoms with Gasteiger partial charge in [-0.15, -0.1) is 0 Å². The van der Waals surface area contributed by atoms with Gasteiger partial charge < -0.3 is 9.84 Å². The smallest absolute Gasteiger partial charge is 0.305 e. The number of allylic oxidation sites excluding steroid dienone is 5. The fraction of sp³-hybridized carbons (Fsp3) is 0.524. The van der Waals surface area contributed by atoms with E-state index in [1.807, 2.05) is 34.7 Å². The Labute approximate surface area is 170 Å². The number of carbonyl (C=O) groups is 2. The standard InChI is InChI=1S/C21H29IO4/c1-3-4-5-6-9-12-15-21(25)16-18(22)20(24)17(21)13-10-7-8-11-14-19(23)26-2/h7,9-10,12-13,16,25H,3-6,8,11,14-15H2,1-2H3/b10-7-,12-9-,17-13-/t21-/m1/s1. The number of halogens is 1. The molecule has 0 saturated heterocycles. The van der Waals surface area contributed by atoms with E-state index in [-0.39, 0.29) is 11.8 Å². The summed E-state index contributed by atoms with van der Waals surface area (Å²) in [5.41, 5.74) is -0.824. The Kier molecular flexibility index (Phi) is 10.7. The van der Waals surface area contributed by atoms with Crippen molar-refractivity contribution in [2.75, 3.05) is 7.11 Å². The Morgan fingerprint density at radius 3 is 2.65 bits per heavy atom. The molecule has 1 atom stereocenters. The van der Waals surface area contributed by atoms with Crippen LogP contribution >= 0.6 is 22.6 Å². The molecule has 0 radical (unpaired) electrons. The van der Waals surface area contributed by atoms with Crippen LogP contribution in [0.15, 0.2) is 45.6 Å². The highest BCUT2D eigenvalue weighted by atomic mass is 127. The average molecular weight is 472 g/mol. The van der Waals surface area contributed by atoms with Crippen molar-refractivity contribution in [1.29, 1.82) is 0 Å². The zero-order chi connectivity index (χ0) is 19.4. The lowest BCUT2D eigenvalue weighted by Gasteiger charge is -2.20. The third kappa shape index (κ3) is 7.58. The van der Waals surface area contributed by atoms with Gasteiger partial charge in [-0.3, -0.25) is 9.59 Å². The number of Topliss-reactive ketones (excluding diaryl/α,β-unsaturated/α-hetero) is 1. The molecule has 26 heavy (non-hydrogen) atoms. The second-order valence-electron chi connectivity index (χ2n) is 6.39. The molecule has 1 N–H and O–H groups in total. The van der Waals surface area contributed by atoms with E-state index in [4.69, 9.17) is 0 Å². The molecular weight excluding hydrogens is 443 g/mol. The summed E-state index contributed by atoms with van der Waals surface area (Å²) in [6.07, 6.45) is 17.8. The second kappa shape index (κ2) is 12.2. The molecular formula is C21H29IO4. The van der Waals surface area contributed by atoms with Crippen molar-refractivity contribution in [3.8, 4) is 0 Å². The first-order chi connectivity index (χ1) is 12.4. The maximum atomic E-state index is 12.3. The Hall–Kier alpha value is -1.21. The Morgan fingerprint density at radius 1 is 1.23 bits per heavy atom. The lowest BCUT2D eigenvalue weighted by Crippen LogP contribution is -2.27. The average Bonchev–Trinajstić information content (AvgIpc) is 2.83. The molecule has 0 aliphatic heterocycles. The van der Waals surface area contributed by atoms with E-state index < -0.39 is 5.60 Å². The van der Waals surface area contributed by atoms with Crippen molar-refractivity contribution in [2.45, 2.75) is 63.9 Å². The molecule has 1 aliphatic rings. The molecule has 0 bridgehead atoms. The summed E-state index contributed by atoms with van der Waals surface area (Å²) in [4.78, 5) is 23.4. The third-order valence-electron chi connectivity index (χ3n) is 4.24. The van der Waals surface area contributed by atoms with Gasteiger partial charge in [0.1, 0.15) is 5.60 Å². The molecule has 0 aromatic rings. The van der Waals surface area contributed by atoms with Crippen LogP contribution in [0.3, 0.4) is 0 Å². The minimum absolute atomic E-state index is 0.119. The highest BCUT2D eigenvalue weighted by Crippen LogP contribution is 2.36. The van der Waals surface area contributed by atoms with E-state index in [2.05, 4.69) is 17.7 Å². The topological polar surface area (TPSA) is 63.6 Å². The largest absolute Gasteiger partial charge is 0.469 e. The Morgan fingerprint density at radius 2 is 1.96 bits per heavy atom. The van der Waals surface area contributed by atoms with Gasteiger partial charge in [0.05, 0.1) is 10.7 Å². The van der Waals surface area contributed by atoms with Crippen LogP contribution < -0.4 is 0 Å². The van der Waals surface area contributed by atoms with E-state index in [0.717, 1.165) is 12.8 Å². The molecule has 0 aromatic carbocycles. The first-order valence-electron chi connectivity index (χ1n) is 9.19. The van der Waals surface area contributed by atoms with Gasteiger partial charge in [0.25, 0.3) is 0 Å². The molecule has 0 saturated carbocycles. The van der Waals surface area contributed by atoms with Crippen molar-refractivity contribution < 1.29 is 19.4 Å². The summed E-state index contributed by atoms with van der Waals surface area (Å²) in [6, 6.07) is 0. The summed E-state index contributed by atoms with van der Waals surface area (Å²) >= 11 is 1.97. The van der Waals surface area contributed by atoms with Crippen LogP contribution in [-0.4, -0.2) is 29.6 Å². The molecule has 5 heteroatoms. The zero-order valence-electron chi connectivity index (χ0n) is 15.7. The second-order valence-corrected chi connectivity index (χ2v) is 7.56. The molecule has 144 valence electrons. The lowest BCUT2D eigenvalue weighted by atomic mass is 9.92. The van der Waals surface area contributed by atoms with E-state index >= 15 is 0 Å². The number of hydrogen-bond acceptors (Lipinski definition) is 4. The van der Waals surface area contributed by atoms with Gasteiger partial charge in [-0.25, -0.2) is 0 Å². The van der Waals surface area contributed by atoms with Gasteiger partial charge in [0, 0.05) is 18.4 Å². The van der Waals surface area contributed by atoms with Gasteiger partial charge >= 0.3 is 5.97 Å². The first kappa shape index (κ1) is 22.8. The molecule has 1 rings (SSSR count). The first-order valence-corrected chi connectivity index (χ1v) is 10.3. The summed E-state index contributed by atoms with van der Waals surface area (Å²) < 4.78 is 5.14. The monoisotopic (exact) mass is 472 g/mol. The fourth-order valence-electron chi connectivity index (χ4n) is 2.69. The quantitative estimate of drug-likeness (QED) is 0.152. The Balaban J connectivity index is 2.62. The molecule has 1 aliphatic carbocycles. The molecule has 0 fully saturated rings. The summed E-state index contributed by atoms with van der Waals surface area (Å²) in [5.74, 6) is -0.340. The van der Waals surface area contributed by atoms with Gasteiger partial charge in [-0.1, -0.05) is 50.1 Å².